The van der Waals surface area contributed by atoms with Gasteiger partial charge >= 0.3 is 0 Å². The second-order valence-electron chi connectivity index (χ2n) is 5.38. The maximum absolute atomic E-state index is 5.88. The maximum atomic E-state index is 5.88. The van der Waals surface area contributed by atoms with Crippen LogP contribution in [0.4, 0.5) is 0 Å². The Kier molecular flexibility index (Phi) is 5.16. The number of nitrogens with zero attached hydrogens (tertiary/aromatic N) is 1. The first-order chi connectivity index (χ1) is 9.15. The van der Waals surface area contributed by atoms with Gasteiger partial charge in [0.05, 0.1) is 11.8 Å². The van der Waals surface area contributed by atoms with Crippen molar-refractivity contribution in [2.45, 2.75) is 52.3 Å². The number of aromatic nitrogens is 1. The van der Waals surface area contributed by atoms with Crippen molar-refractivity contribution in [3.05, 3.63) is 23.5 Å². The molecule has 1 unspecified atom stereocenters. The minimum absolute atomic E-state index is 0.243. The van der Waals surface area contributed by atoms with Gasteiger partial charge in [-0.05, 0) is 31.9 Å². The fourth-order valence-corrected chi connectivity index (χ4v) is 2.12. The molecule has 1 saturated heterocycles. The van der Waals surface area contributed by atoms with E-state index in [9.17, 15) is 0 Å². The number of ether oxygens (including phenoxy) is 2. The Bertz CT molecular complexity index is 401. The van der Waals surface area contributed by atoms with E-state index in [0.29, 0.717) is 12.6 Å². The van der Waals surface area contributed by atoms with Crippen molar-refractivity contribution in [2.24, 2.45) is 0 Å². The van der Waals surface area contributed by atoms with Gasteiger partial charge in [-0.2, -0.15) is 0 Å². The zero-order chi connectivity index (χ0) is 13.7. The van der Waals surface area contributed by atoms with Crippen molar-refractivity contribution in [1.82, 2.24) is 10.3 Å². The molecule has 19 heavy (non-hydrogen) atoms. The molecule has 1 aromatic rings. The zero-order valence-corrected chi connectivity index (χ0v) is 12.1. The molecular weight excluding hydrogens is 240 g/mol. The van der Waals surface area contributed by atoms with Gasteiger partial charge < -0.3 is 14.8 Å². The summed E-state index contributed by atoms with van der Waals surface area (Å²) in [6.45, 7) is 8.48. The molecule has 1 aromatic heterocycles. The van der Waals surface area contributed by atoms with Crippen molar-refractivity contribution in [2.75, 3.05) is 13.2 Å². The Morgan fingerprint density at radius 1 is 1.47 bits per heavy atom. The van der Waals surface area contributed by atoms with Crippen molar-refractivity contribution >= 4 is 0 Å². The van der Waals surface area contributed by atoms with Gasteiger partial charge in [-0.15, -0.1) is 0 Å². The van der Waals surface area contributed by atoms with E-state index in [-0.39, 0.29) is 6.10 Å². The highest BCUT2D eigenvalue weighted by atomic mass is 16.5. The summed E-state index contributed by atoms with van der Waals surface area (Å²) in [5, 5.41) is 3.38. The molecule has 4 heteroatoms. The highest BCUT2D eigenvalue weighted by Gasteiger charge is 2.17. The summed E-state index contributed by atoms with van der Waals surface area (Å²) in [4.78, 5) is 4.56. The van der Waals surface area contributed by atoms with Crippen molar-refractivity contribution < 1.29 is 9.47 Å². The first-order valence-electron chi connectivity index (χ1n) is 7.09. The normalized spacial score (nSPS) is 19.1. The van der Waals surface area contributed by atoms with Crippen LogP contribution in [0, 0.1) is 6.92 Å². The lowest BCUT2D eigenvalue weighted by molar-refractivity contribution is 0.0674. The van der Waals surface area contributed by atoms with Crippen molar-refractivity contribution in [1.29, 1.82) is 0 Å². The Morgan fingerprint density at radius 2 is 2.32 bits per heavy atom. The minimum atomic E-state index is 0.243. The summed E-state index contributed by atoms with van der Waals surface area (Å²) >= 11 is 0. The fraction of sp³-hybridized carbons (Fsp3) is 0.667. The molecule has 0 radical (unpaired) electrons. The third kappa shape index (κ3) is 4.48. The van der Waals surface area contributed by atoms with Gasteiger partial charge in [0.2, 0.25) is 0 Å². The highest BCUT2D eigenvalue weighted by Crippen LogP contribution is 2.19. The lowest BCUT2D eigenvalue weighted by atomic mass is 10.2. The number of aryl methyl sites for hydroxylation is 1. The van der Waals surface area contributed by atoms with Crippen LogP contribution in [0.2, 0.25) is 0 Å². The summed E-state index contributed by atoms with van der Waals surface area (Å²) in [5.74, 6) is 0.870. The molecule has 1 aliphatic heterocycles. The standard InChI is InChI=1S/C15H24N2O2/c1-11(2)16-9-14-15(7-6-12(3)17-14)19-10-13-5-4-8-18-13/h6-7,11,13,16H,4-5,8-10H2,1-3H3. The number of pyridine rings is 1. The van der Waals surface area contributed by atoms with Gasteiger partial charge in [0.25, 0.3) is 0 Å². The molecule has 0 bridgehead atoms. The molecular formula is C15H24N2O2. The Labute approximate surface area is 115 Å². The van der Waals surface area contributed by atoms with Gasteiger partial charge in [0.1, 0.15) is 12.4 Å². The summed E-state index contributed by atoms with van der Waals surface area (Å²) in [6.07, 6.45) is 2.48. The largest absolute Gasteiger partial charge is 0.489 e. The number of nitrogens with one attached hydrogen (secondary N) is 1. The Hall–Kier alpha value is -1.13. The SMILES string of the molecule is Cc1ccc(OCC2CCCO2)c(CNC(C)C)n1. The van der Waals surface area contributed by atoms with Crippen molar-refractivity contribution in [3.8, 4) is 5.75 Å². The first-order valence-corrected chi connectivity index (χ1v) is 7.09. The molecule has 0 saturated carbocycles. The average molecular weight is 264 g/mol. The fourth-order valence-electron chi connectivity index (χ4n) is 2.12. The third-order valence-corrected chi connectivity index (χ3v) is 3.20. The van der Waals surface area contributed by atoms with Gasteiger partial charge in [-0.1, -0.05) is 13.8 Å². The van der Waals surface area contributed by atoms with Crippen LogP contribution in [0.5, 0.6) is 5.75 Å². The lowest BCUT2D eigenvalue weighted by Crippen LogP contribution is -2.24. The smallest absolute Gasteiger partial charge is 0.142 e. The molecule has 1 N–H and O–H groups in total. The van der Waals surface area contributed by atoms with E-state index in [4.69, 9.17) is 9.47 Å². The van der Waals surface area contributed by atoms with Crippen LogP contribution >= 0.6 is 0 Å². The van der Waals surface area contributed by atoms with E-state index in [2.05, 4.69) is 24.1 Å². The molecule has 1 fully saturated rings. The Morgan fingerprint density at radius 3 is 3.00 bits per heavy atom. The van der Waals surface area contributed by atoms with Crippen LogP contribution in [0.25, 0.3) is 0 Å². The van der Waals surface area contributed by atoms with E-state index < -0.39 is 0 Å². The maximum Gasteiger partial charge on any atom is 0.142 e. The van der Waals surface area contributed by atoms with E-state index >= 15 is 0 Å². The number of hydrogen-bond donors (Lipinski definition) is 1. The summed E-state index contributed by atoms with van der Waals surface area (Å²) in [7, 11) is 0. The van der Waals surface area contributed by atoms with E-state index in [1.165, 1.54) is 0 Å². The van der Waals surface area contributed by atoms with Crippen molar-refractivity contribution in [3.63, 3.8) is 0 Å². The monoisotopic (exact) mass is 264 g/mol. The molecule has 4 nitrogen and oxygen atoms in total. The summed E-state index contributed by atoms with van der Waals surface area (Å²) in [6, 6.07) is 4.44. The van der Waals surface area contributed by atoms with E-state index in [1.807, 2.05) is 19.1 Å². The quantitative estimate of drug-likeness (QED) is 0.857. The summed E-state index contributed by atoms with van der Waals surface area (Å²) < 4.78 is 11.5. The molecule has 2 heterocycles. The second kappa shape index (κ2) is 6.87. The molecule has 106 valence electrons. The van der Waals surface area contributed by atoms with E-state index in [1.54, 1.807) is 0 Å². The summed E-state index contributed by atoms with van der Waals surface area (Å²) in [5.41, 5.74) is 2.00. The Balaban J connectivity index is 1.96. The van der Waals surface area contributed by atoms with Gasteiger partial charge in [-0.3, -0.25) is 4.98 Å². The van der Waals surface area contributed by atoms with Crippen LogP contribution in [-0.4, -0.2) is 30.3 Å². The molecule has 0 spiro atoms. The van der Waals surface area contributed by atoms with Gasteiger partial charge in [-0.25, -0.2) is 0 Å². The molecule has 0 amide bonds. The van der Waals surface area contributed by atoms with Gasteiger partial charge in [0.15, 0.2) is 0 Å². The molecule has 2 rings (SSSR count). The van der Waals surface area contributed by atoms with Crippen LogP contribution in [-0.2, 0) is 11.3 Å². The highest BCUT2D eigenvalue weighted by molar-refractivity contribution is 5.29. The minimum Gasteiger partial charge on any atom is -0.489 e. The predicted molar refractivity (Wildman–Crippen MR) is 75.4 cm³/mol. The topological polar surface area (TPSA) is 43.4 Å². The first kappa shape index (κ1) is 14.3. The van der Waals surface area contributed by atoms with Crippen LogP contribution < -0.4 is 10.1 Å². The third-order valence-electron chi connectivity index (χ3n) is 3.20. The second-order valence-corrected chi connectivity index (χ2v) is 5.38. The predicted octanol–water partition coefficient (Wildman–Crippen LogP) is 2.45. The average Bonchev–Trinajstić information content (AvgIpc) is 2.88. The molecule has 1 atom stereocenters. The lowest BCUT2D eigenvalue weighted by Gasteiger charge is -2.15. The molecule has 0 aliphatic carbocycles. The number of hydrogen-bond acceptors (Lipinski definition) is 4. The van der Waals surface area contributed by atoms with E-state index in [0.717, 1.165) is 43.1 Å². The molecule has 0 aromatic carbocycles. The van der Waals surface area contributed by atoms with Crippen LogP contribution in [0.15, 0.2) is 12.1 Å². The molecule has 1 aliphatic rings. The van der Waals surface area contributed by atoms with Gasteiger partial charge in [0, 0.05) is 24.9 Å². The zero-order valence-electron chi connectivity index (χ0n) is 12.1. The van der Waals surface area contributed by atoms with Crippen LogP contribution in [0.3, 0.4) is 0 Å². The van der Waals surface area contributed by atoms with Crippen LogP contribution in [0.1, 0.15) is 38.1 Å². The number of rotatable bonds is 6.